The molecule has 2 heterocycles. The number of halogens is 2. The molecule has 0 aliphatic rings. The number of nitrogens with zero attached hydrogens (tertiary/aromatic N) is 4. The number of rotatable bonds is 5. The molecule has 2 aromatic rings. The second-order valence-electron chi connectivity index (χ2n) is 3.91. The van der Waals surface area contributed by atoms with Crippen molar-refractivity contribution in [2.24, 2.45) is 0 Å². The first kappa shape index (κ1) is 13.9. The Morgan fingerprint density at radius 1 is 1.37 bits per heavy atom. The topological polar surface area (TPSA) is 64.7 Å². The summed E-state index contributed by atoms with van der Waals surface area (Å²) in [7, 11) is 0. The van der Waals surface area contributed by atoms with E-state index in [2.05, 4.69) is 15.5 Å². The smallest absolute Gasteiger partial charge is 0.242 e. The summed E-state index contributed by atoms with van der Waals surface area (Å²) in [6.07, 6.45) is 4.80. The molecule has 0 aromatic carbocycles. The molecule has 0 radical (unpaired) electrons. The van der Waals surface area contributed by atoms with Gasteiger partial charge in [0.05, 0.1) is 22.8 Å². The van der Waals surface area contributed by atoms with Crippen molar-refractivity contribution in [2.75, 3.05) is 0 Å². The molecule has 0 fully saturated rings. The molecule has 0 saturated carbocycles. The Kier molecular flexibility index (Phi) is 4.44. The Morgan fingerprint density at radius 3 is 2.74 bits per heavy atom. The van der Waals surface area contributed by atoms with E-state index < -0.39 is 0 Å². The molecule has 1 amide bonds. The summed E-state index contributed by atoms with van der Waals surface area (Å²) in [5, 5.41) is 11.9. The van der Waals surface area contributed by atoms with Crippen LogP contribution in [0.2, 0.25) is 10.0 Å². The quantitative estimate of drug-likeness (QED) is 0.914. The molecule has 0 atom stereocenters. The Morgan fingerprint density at radius 2 is 2.16 bits per heavy atom. The van der Waals surface area contributed by atoms with E-state index in [0.717, 1.165) is 6.54 Å². The fourth-order valence-electron chi connectivity index (χ4n) is 1.53. The molecule has 2 rings (SSSR count). The van der Waals surface area contributed by atoms with Crippen LogP contribution in [0.5, 0.6) is 0 Å². The molecule has 2 aromatic heterocycles. The minimum atomic E-state index is -0.179. The van der Waals surface area contributed by atoms with Gasteiger partial charge in [-0.05, 0) is 6.92 Å². The SMILES string of the molecule is CCn1cc(Cl)c(CNC(=O)Cn2cc(Cl)cn2)n1. The Labute approximate surface area is 120 Å². The molecule has 0 aliphatic carbocycles. The highest BCUT2D eigenvalue weighted by atomic mass is 35.5. The highest BCUT2D eigenvalue weighted by Crippen LogP contribution is 2.13. The number of nitrogens with one attached hydrogen (secondary N) is 1. The minimum absolute atomic E-state index is 0.110. The lowest BCUT2D eigenvalue weighted by atomic mass is 10.4. The Hall–Kier alpha value is -1.53. The van der Waals surface area contributed by atoms with Crippen molar-refractivity contribution in [1.29, 1.82) is 0 Å². The standard InChI is InChI=1S/C11H13Cl2N5O/c1-2-17-6-9(13)10(16-17)4-14-11(19)7-18-5-8(12)3-15-18/h3,5-6H,2,4,7H2,1H3,(H,14,19). The van der Waals surface area contributed by atoms with Gasteiger partial charge >= 0.3 is 0 Å². The summed E-state index contributed by atoms with van der Waals surface area (Å²) >= 11 is 11.7. The first-order chi connectivity index (χ1) is 9.08. The van der Waals surface area contributed by atoms with E-state index in [4.69, 9.17) is 23.2 Å². The third-order valence-corrected chi connectivity index (χ3v) is 2.98. The maximum Gasteiger partial charge on any atom is 0.242 e. The highest BCUT2D eigenvalue weighted by Gasteiger charge is 2.09. The molecular weight excluding hydrogens is 289 g/mol. The normalized spacial score (nSPS) is 10.7. The average molecular weight is 302 g/mol. The third kappa shape index (κ3) is 3.71. The number of carbonyl (C=O) groups is 1. The zero-order valence-corrected chi connectivity index (χ0v) is 11.8. The lowest BCUT2D eigenvalue weighted by Crippen LogP contribution is -2.27. The van der Waals surface area contributed by atoms with E-state index in [1.54, 1.807) is 17.1 Å². The monoisotopic (exact) mass is 301 g/mol. The lowest BCUT2D eigenvalue weighted by Gasteiger charge is -2.03. The summed E-state index contributed by atoms with van der Waals surface area (Å²) in [4.78, 5) is 11.7. The van der Waals surface area contributed by atoms with Crippen LogP contribution in [0.1, 0.15) is 12.6 Å². The van der Waals surface area contributed by atoms with Crippen molar-refractivity contribution in [3.8, 4) is 0 Å². The van der Waals surface area contributed by atoms with Crippen molar-refractivity contribution in [3.63, 3.8) is 0 Å². The van der Waals surface area contributed by atoms with Crippen LogP contribution in [0.3, 0.4) is 0 Å². The van der Waals surface area contributed by atoms with Crippen molar-refractivity contribution < 1.29 is 4.79 Å². The number of aromatic nitrogens is 4. The van der Waals surface area contributed by atoms with Crippen molar-refractivity contribution in [2.45, 2.75) is 26.6 Å². The minimum Gasteiger partial charge on any atom is -0.349 e. The third-order valence-electron chi connectivity index (χ3n) is 2.47. The van der Waals surface area contributed by atoms with Crippen LogP contribution in [0.4, 0.5) is 0 Å². The average Bonchev–Trinajstić information content (AvgIpc) is 2.93. The van der Waals surface area contributed by atoms with Crippen molar-refractivity contribution in [1.82, 2.24) is 24.9 Å². The summed E-state index contributed by atoms with van der Waals surface area (Å²) in [5.74, 6) is -0.179. The molecule has 6 nitrogen and oxygen atoms in total. The Bertz CT molecular complexity index is 577. The second-order valence-corrected chi connectivity index (χ2v) is 4.76. The fraction of sp³-hybridized carbons (Fsp3) is 0.364. The van der Waals surface area contributed by atoms with Gasteiger partial charge < -0.3 is 5.32 Å². The Balaban J connectivity index is 1.87. The van der Waals surface area contributed by atoms with Gasteiger partial charge in [-0.2, -0.15) is 10.2 Å². The van der Waals surface area contributed by atoms with Crippen molar-refractivity contribution >= 4 is 29.1 Å². The molecule has 0 bridgehead atoms. The van der Waals surface area contributed by atoms with Crippen LogP contribution >= 0.6 is 23.2 Å². The van der Waals surface area contributed by atoms with E-state index in [1.165, 1.54) is 10.9 Å². The van der Waals surface area contributed by atoms with Gasteiger partial charge in [0.1, 0.15) is 12.2 Å². The van der Waals surface area contributed by atoms with Crippen LogP contribution in [-0.2, 0) is 24.4 Å². The van der Waals surface area contributed by atoms with Crippen molar-refractivity contribution in [3.05, 3.63) is 34.3 Å². The second kappa shape index (κ2) is 6.08. The van der Waals surface area contributed by atoms with E-state index >= 15 is 0 Å². The fourth-order valence-corrected chi connectivity index (χ4v) is 1.90. The summed E-state index contributed by atoms with van der Waals surface area (Å²) < 4.78 is 3.18. The first-order valence-electron chi connectivity index (χ1n) is 5.75. The maximum absolute atomic E-state index is 11.7. The zero-order valence-electron chi connectivity index (χ0n) is 10.3. The van der Waals surface area contributed by atoms with E-state index in [0.29, 0.717) is 22.3 Å². The van der Waals surface area contributed by atoms with Gasteiger partial charge in [0, 0.05) is 18.9 Å². The summed E-state index contributed by atoms with van der Waals surface area (Å²) in [6.45, 7) is 3.10. The predicted octanol–water partition coefficient (Wildman–Crippen LogP) is 1.72. The summed E-state index contributed by atoms with van der Waals surface area (Å²) in [6, 6.07) is 0. The van der Waals surface area contributed by atoms with Gasteiger partial charge in [-0.3, -0.25) is 14.2 Å². The molecule has 8 heteroatoms. The molecule has 0 spiro atoms. The molecular formula is C11H13Cl2N5O. The van der Waals surface area contributed by atoms with Gasteiger partial charge in [-0.1, -0.05) is 23.2 Å². The van der Waals surface area contributed by atoms with Gasteiger partial charge in [-0.25, -0.2) is 0 Å². The molecule has 102 valence electrons. The molecule has 19 heavy (non-hydrogen) atoms. The number of amides is 1. The number of carbonyl (C=O) groups excluding carboxylic acids is 1. The van der Waals surface area contributed by atoms with Gasteiger partial charge in [0.25, 0.3) is 0 Å². The van der Waals surface area contributed by atoms with Gasteiger partial charge in [0.15, 0.2) is 0 Å². The lowest BCUT2D eigenvalue weighted by molar-refractivity contribution is -0.122. The predicted molar refractivity (Wildman–Crippen MR) is 72.0 cm³/mol. The van der Waals surface area contributed by atoms with Gasteiger partial charge in [0.2, 0.25) is 5.91 Å². The van der Waals surface area contributed by atoms with Crippen LogP contribution in [-0.4, -0.2) is 25.5 Å². The first-order valence-corrected chi connectivity index (χ1v) is 6.50. The highest BCUT2D eigenvalue weighted by molar-refractivity contribution is 6.31. The van der Waals surface area contributed by atoms with Gasteiger partial charge in [-0.15, -0.1) is 0 Å². The summed E-state index contributed by atoms with van der Waals surface area (Å²) in [5.41, 5.74) is 0.648. The number of hydrogen-bond donors (Lipinski definition) is 1. The van der Waals surface area contributed by atoms with E-state index in [9.17, 15) is 4.79 Å². The number of aryl methyl sites for hydroxylation is 1. The van der Waals surface area contributed by atoms with E-state index in [-0.39, 0.29) is 12.5 Å². The molecule has 0 unspecified atom stereocenters. The maximum atomic E-state index is 11.7. The largest absolute Gasteiger partial charge is 0.349 e. The van der Waals surface area contributed by atoms with Crippen LogP contribution in [0.15, 0.2) is 18.6 Å². The number of hydrogen-bond acceptors (Lipinski definition) is 3. The van der Waals surface area contributed by atoms with Crippen LogP contribution in [0, 0.1) is 0 Å². The zero-order chi connectivity index (χ0) is 13.8. The molecule has 0 aliphatic heterocycles. The van der Waals surface area contributed by atoms with E-state index in [1.807, 2.05) is 6.92 Å². The van der Waals surface area contributed by atoms with Crippen LogP contribution < -0.4 is 5.32 Å². The van der Waals surface area contributed by atoms with Crippen LogP contribution in [0.25, 0.3) is 0 Å². The molecule has 1 N–H and O–H groups in total. The molecule has 0 saturated heterocycles.